The Balaban J connectivity index is 1.61. The Hall–Kier alpha value is -3.18. The van der Waals surface area contributed by atoms with Crippen molar-refractivity contribution in [3.63, 3.8) is 0 Å². The average Bonchev–Trinajstić information content (AvgIpc) is 2.71. The molecule has 142 valence electrons. The molecule has 0 bridgehead atoms. The Morgan fingerprint density at radius 1 is 0.857 bits per heavy atom. The van der Waals surface area contributed by atoms with Crippen molar-refractivity contribution in [2.45, 2.75) is 20.0 Å². The third kappa shape index (κ3) is 5.18. The van der Waals surface area contributed by atoms with Crippen LogP contribution in [0.15, 0.2) is 66.7 Å². The van der Waals surface area contributed by atoms with Crippen molar-refractivity contribution in [1.29, 1.82) is 0 Å². The first-order valence-electron chi connectivity index (χ1n) is 8.85. The number of hydrogen-bond acceptors (Lipinski definition) is 3. The van der Waals surface area contributed by atoms with Crippen molar-refractivity contribution in [2.24, 2.45) is 0 Å². The van der Waals surface area contributed by atoms with E-state index in [1.807, 2.05) is 49.4 Å². The Bertz CT molecular complexity index is 1000. The second kappa shape index (κ2) is 9.15. The number of amides is 2. The zero-order chi connectivity index (χ0) is 19.9. The minimum atomic E-state index is -0.367. The van der Waals surface area contributed by atoms with Crippen LogP contribution in [0.3, 0.4) is 0 Å². The highest BCUT2D eigenvalue weighted by atomic mass is 35.5. The molecule has 5 nitrogen and oxygen atoms in total. The number of benzene rings is 2. The largest absolute Gasteiger partial charge is 0.347 e. The van der Waals surface area contributed by atoms with Gasteiger partial charge in [0.05, 0.1) is 0 Å². The van der Waals surface area contributed by atoms with Gasteiger partial charge in [-0.25, -0.2) is 4.98 Å². The zero-order valence-corrected chi connectivity index (χ0v) is 16.2. The first kappa shape index (κ1) is 19.6. The van der Waals surface area contributed by atoms with E-state index in [1.54, 1.807) is 24.3 Å². The summed E-state index contributed by atoms with van der Waals surface area (Å²) in [6.45, 7) is 2.67. The van der Waals surface area contributed by atoms with Gasteiger partial charge in [0.2, 0.25) is 0 Å². The van der Waals surface area contributed by atoms with Gasteiger partial charge in [-0.2, -0.15) is 0 Å². The maximum atomic E-state index is 12.4. The molecule has 2 aromatic carbocycles. The number of nitrogens with zero attached hydrogens (tertiary/aromatic N) is 1. The number of aryl methyl sites for hydroxylation is 1. The van der Waals surface area contributed by atoms with Crippen molar-refractivity contribution in [1.82, 2.24) is 15.6 Å². The molecule has 0 radical (unpaired) electrons. The zero-order valence-electron chi connectivity index (χ0n) is 15.4. The lowest BCUT2D eigenvalue weighted by Gasteiger charge is -2.08. The van der Waals surface area contributed by atoms with Gasteiger partial charge in [-0.1, -0.05) is 65.7 Å². The quantitative estimate of drug-likeness (QED) is 0.667. The Labute approximate surface area is 168 Å². The number of halogens is 1. The predicted molar refractivity (Wildman–Crippen MR) is 109 cm³/mol. The van der Waals surface area contributed by atoms with Gasteiger partial charge in [0.15, 0.2) is 0 Å². The van der Waals surface area contributed by atoms with Crippen molar-refractivity contribution >= 4 is 23.4 Å². The van der Waals surface area contributed by atoms with Crippen LogP contribution in [0.2, 0.25) is 5.02 Å². The third-order valence-electron chi connectivity index (χ3n) is 4.15. The van der Waals surface area contributed by atoms with Crippen molar-refractivity contribution in [3.05, 3.63) is 99.8 Å². The maximum Gasteiger partial charge on any atom is 0.270 e. The van der Waals surface area contributed by atoms with Crippen LogP contribution in [0.1, 0.15) is 37.7 Å². The van der Waals surface area contributed by atoms with E-state index >= 15 is 0 Å². The molecule has 0 aliphatic heterocycles. The molecule has 0 saturated carbocycles. The first-order chi connectivity index (χ1) is 13.5. The van der Waals surface area contributed by atoms with Crippen LogP contribution in [-0.4, -0.2) is 16.8 Å². The Morgan fingerprint density at radius 2 is 1.50 bits per heavy atom. The first-order valence-corrected chi connectivity index (χ1v) is 9.23. The number of nitrogens with one attached hydrogen (secondary N) is 2. The standard InChI is InChI=1S/C22H20ClN3O2/c1-15-6-4-7-16(12-15)13-24-21(27)19-10-5-11-20(26-19)22(28)25-14-17-8-2-3-9-18(17)23/h2-12H,13-14H2,1H3,(H,24,27)(H,25,28). The molecule has 1 heterocycles. The summed E-state index contributed by atoms with van der Waals surface area (Å²) in [6, 6.07) is 20.0. The lowest BCUT2D eigenvalue weighted by molar-refractivity contribution is 0.0941. The van der Waals surface area contributed by atoms with Gasteiger partial charge in [-0.05, 0) is 36.2 Å². The molecule has 3 rings (SSSR count). The summed E-state index contributed by atoms with van der Waals surface area (Å²) in [4.78, 5) is 28.9. The SMILES string of the molecule is Cc1cccc(CNC(=O)c2cccc(C(=O)NCc3ccccc3Cl)n2)c1. The summed E-state index contributed by atoms with van der Waals surface area (Å²) in [6.07, 6.45) is 0. The van der Waals surface area contributed by atoms with Crippen molar-refractivity contribution in [3.8, 4) is 0 Å². The molecular weight excluding hydrogens is 374 g/mol. The summed E-state index contributed by atoms with van der Waals surface area (Å²) in [5, 5.41) is 6.18. The Morgan fingerprint density at radius 3 is 2.18 bits per heavy atom. The van der Waals surface area contributed by atoms with Crippen LogP contribution >= 0.6 is 11.6 Å². The fourth-order valence-electron chi connectivity index (χ4n) is 2.69. The molecule has 0 aliphatic rings. The van der Waals surface area contributed by atoms with Gasteiger partial charge < -0.3 is 10.6 Å². The summed E-state index contributed by atoms with van der Waals surface area (Å²) < 4.78 is 0. The van der Waals surface area contributed by atoms with Gasteiger partial charge in [0.25, 0.3) is 11.8 Å². The van der Waals surface area contributed by atoms with Crippen LogP contribution < -0.4 is 10.6 Å². The minimum absolute atomic E-state index is 0.176. The number of rotatable bonds is 6. The van der Waals surface area contributed by atoms with E-state index in [9.17, 15) is 9.59 Å². The molecule has 3 aromatic rings. The number of carbonyl (C=O) groups excluding carboxylic acids is 2. The van der Waals surface area contributed by atoms with Crippen LogP contribution in [0, 0.1) is 6.92 Å². The molecule has 0 spiro atoms. The van der Waals surface area contributed by atoms with E-state index in [1.165, 1.54) is 0 Å². The molecule has 28 heavy (non-hydrogen) atoms. The van der Waals surface area contributed by atoms with Gasteiger partial charge in [-0.15, -0.1) is 0 Å². The number of carbonyl (C=O) groups is 2. The molecule has 2 amide bonds. The van der Waals surface area contributed by atoms with Crippen LogP contribution in [0.4, 0.5) is 0 Å². The lowest BCUT2D eigenvalue weighted by atomic mass is 10.1. The summed E-state index contributed by atoms with van der Waals surface area (Å²) in [7, 11) is 0. The molecule has 0 atom stereocenters. The molecule has 2 N–H and O–H groups in total. The molecule has 0 aliphatic carbocycles. The average molecular weight is 394 g/mol. The molecule has 0 fully saturated rings. The van der Waals surface area contributed by atoms with Crippen molar-refractivity contribution in [2.75, 3.05) is 0 Å². The number of pyridine rings is 1. The van der Waals surface area contributed by atoms with Gasteiger partial charge in [-0.3, -0.25) is 9.59 Å². The third-order valence-corrected chi connectivity index (χ3v) is 4.52. The van der Waals surface area contributed by atoms with E-state index in [4.69, 9.17) is 11.6 Å². The molecule has 6 heteroatoms. The lowest BCUT2D eigenvalue weighted by Crippen LogP contribution is -2.27. The highest BCUT2D eigenvalue weighted by molar-refractivity contribution is 6.31. The normalized spacial score (nSPS) is 10.4. The molecular formula is C22H20ClN3O2. The highest BCUT2D eigenvalue weighted by Crippen LogP contribution is 2.14. The smallest absolute Gasteiger partial charge is 0.270 e. The monoisotopic (exact) mass is 393 g/mol. The molecule has 0 saturated heterocycles. The van der Waals surface area contributed by atoms with Gasteiger partial charge in [0.1, 0.15) is 11.4 Å². The number of hydrogen-bond donors (Lipinski definition) is 2. The van der Waals surface area contributed by atoms with E-state index < -0.39 is 0 Å². The highest BCUT2D eigenvalue weighted by Gasteiger charge is 2.12. The molecule has 0 unspecified atom stereocenters. The second-order valence-corrected chi connectivity index (χ2v) is 6.76. The van der Waals surface area contributed by atoms with Crippen LogP contribution in [0.25, 0.3) is 0 Å². The minimum Gasteiger partial charge on any atom is -0.347 e. The fraction of sp³-hybridized carbons (Fsp3) is 0.136. The van der Waals surface area contributed by atoms with Gasteiger partial charge >= 0.3 is 0 Å². The fourth-order valence-corrected chi connectivity index (χ4v) is 2.89. The van der Waals surface area contributed by atoms with E-state index in [2.05, 4.69) is 15.6 Å². The van der Waals surface area contributed by atoms with Crippen LogP contribution in [0.5, 0.6) is 0 Å². The van der Waals surface area contributed by atoms with Crippen LogP contribution in [-0.2, 0) is 13.1 Å². The summed E-state index contributed by atoms with van der Waals surface area (Å²) in [5.74, 6) is -0.699. The summed E-state index contributed by atoms with van der Waals surface area (Å²) >= 11 is 6.10. The van der Waals surface area contributed by atoms with E-state index in [0.717, 1.165) is 16.7 Å². The Kier molecular flexibility index (Phi) is 6.40. The topological polar surface area (TPSA) is 71.1 Å². The number of aromatic nitrogens is 1. The molecule has 1 aromatic heterocycles. The second-order valence-electron chi connectivity index (χ2n) is 6.35. The summed E-state index contributed by atoms with van der Waals surface area (Å²) in [5.41, 5.74) is 3.31. The van der Waals surface area contributed by atoms with E-state index in [-0.39, 0.29) is 29.7 Å². The van der Waals surface area contributed by atoms with Crippen molar-refractivity contribution < 1.29 is 9.59 Å². The predicted octanol–water partition coefficient (Wildman–Crippen LogP) is 3.90. The van der Waals surface area contributed by atoms with Gasteiger partial charge in [0, 0.05) is 18.1 Å². The maximum absolute atomic E-state index is 12.4. The van der Waals surface area contributed by atoms with E-state index in [0.29, 0.717) is 11.6 Å².